The number of hydrogen-bond acceptors (Lipinski definition) is 4. The van der Waals surface area contributed by atoms with Crippen molar-refractivity contribution in [2.45, 2.75) is 36.9 Å². The van der Waals surface area contributed by atoms with Crippen LogP contribution in [0, 0.1) is 13.8 Å². The second kappa shape index (κ2) is 7.35. The summed E-state index contributed by atoms with van der Waals surface area (Å²) in [5.74, 6) is -0.0344. The Balaban J connectivity index is 1.42. The monoisotopic (exact) mass is 417 g/mol. The lowest BCUT2D eigenvalue weighted by Crippen LogP contribution is -2.46. The van der Waals surface area contributed by atoms with Gasteiger partial charge in [-0.25, -0.2) is 13.1 Å². The van der Waals surface area contributed by atoms with Crippen LogP contribution in [0.5, 0.6) is 0 Å². The van der Waals surface area contributed by atoms with Crippen LogP contribution < -0.4 is 4.72 Å². The van der Waals surface area contributed by atoms with Gasteiger partial charge in [-0.05, 0) is 61.4 Å². The minimum absolute atomic E-state index is 0.0344. The highest BCUT2D eigenvalue weighted by Gasteiger charge is 2.28. The lowest BCUT2D eigenvalue weighted by Gasteiger charge is -2.31. The lowest BCUT2D eigenvalue weighted by atomic mass is 10.1. The van der Waals surface area contributed by atoms with Gasteiger partial charge in [-0.3, -0.25) is 4.79 Å². The Morgan fingerprint density at radius 3 is 2.64 bits per heavy atom. The second-order valence-electron chi connectivity index (χ2n) is 7.35. The van der Waals surface area contributed by atoms with Crippen molar-refractivity contribution in [1.29, 1.82) is 0 Å². The van der Waals surface area contributed by atoms with Gasteiger partial charge < -0.3 is 9.88 Å². The third-order valence-electron chi connectivity index (χ3n) is 5.18. The number of aromatic nitrogens is 1. The number of rotatable bonds is 4. The Kier molecular flexibility index (Phi) is 5.03. The molecule has 1 amide bonds. The zero-order valence-electron chi connectivity index (χ0n) is 15.9. The molecule has 1 aliphatic heterocycles. The van der Waals surface area contributed by atoms with Crippen molar-refractivity contribution in [3.63, 3.8) is 0 Å². The number of nitrogens with zero attached hydrogens (tertiary/aromatic N) is 1. The minimum atomic E-state index is -3.47. The van der Waals surface area contributed by atoms with Crippen LogP contribution in [0.25, 0.3) is 10.9 Å². The summed E-state index contributed by atoms with van der Waals surface area (Å²) in [4.78, 5) is 17.9. The number of thiophene rings is 1. The second-order valence-corrected chi connectivity index (χ2v) is 10.2. The van der Waals surface area contributed by atoms with Gasteiger partial charge in [0.15, 0.2) is 0 Å². The number of aryl methyl sites for hydroxylation is 2. The van der Waals surface area contributed by atoms with Crippen LogP contribution in [0.15, 0.2) is 39.9 Å². The summed E-state index contributed by atoms with van der Waals surface area (Å²) in [7, 11) is -3.47. The molecule has 0 aliphatic carbocycles. The fraction of sp³-hybridized carbons (Fsp3) is 0.350. The molecule has 0 saturated carbocycles. The van der Waals surface area contributed by atoms with E-state index in [9.17, 15) is 13.2 Å². The molecular weight excluding hydrogens is 394 g/mol. The highest BCUT2D eigenvalue weighted by Crippen LogP contribution is 2.24. The summed E-state index contributed by atoms with van der Waals surface area (Å²) in [6, 6.07) is 9.25. The number of likely N-dealkylation sites (tertiary alicyclic amines) is 1. The van der Waals surface area contributed by atoms with E-state index in [1.165, 1.54) is 11.3 Å². The van der Waals surface area contributed by atoms with Crippen LogP contribution >= 0.6 is 11.3 Å². The minimum Gasteiger partial charge on any atom is -0.351 e. The van der Waals surface area contributed by atoms with Crippen molar-refractivity contribution in [3.05, 3.63) is 52.5 Å². The maximum atomic E-state index is 12.9. The molecule has 3 heterocycles. The summed E-state index contributed by atoms with van der Waals surface area (Å²) in [5, 5.41) is 2.81. The molecule has 0 bridgehead atoms. The summed E-state index contributed by atoms with van der Waals surface area (Å²) in [6.07, 6.45) is 1.21. The molecular formula is C20H23N3O3S2. The van der Waals surface area contributed by atoms with Crippen LogP contribution in [0.1, 0.15) is 34.5 Å². The van der Waals surface area contributed by atoms with E-state index in [0.29, 0.717) is 35.8 Å². The summed E-state index contributed by atoms with van der Waals surface area (Å²) in [6.45, 7) is 5.15. The zero-order chi connectivity index (χ0) is 19.9. The molecule has 0 unspecified atom stereocenters. The Hall–Kier alpha value is -2.16. The molecule has 2 aromatic heterocycles. The topological polar surface area (TPSA) is 82.3 Å². The van der Waals surface area contributed by atoms with Gasteiger partial charge >= 0.3 is 0 Å². The number of amides is 1. The molecule has 1 aliphatic rings. The van der Waals surface area contributed by atoms with E-state index in [-0.39, 0.29) is 11.9 Å². The smallest absolute Gasteiger partial charge is 0.270 e. The first-order valence-electron chi connectivity index (χ1n) is 9.28. The van der Waals surface area contributed by atoms with Gasteiger partial charge in [0.2, 0.25) is 10.0 Å². The molecule has 0 atom stereocenters. The van der Waals surface area contributed by atoms with E-state index in [1.54, 1.807) is 22.4 Å². The van der Waals surface area contributed by atoms with Crippen molar-refractivity contribution in [2.75, 3.05) is 13.1 Å². The molecule has 2 N–H and O–H groups in total. The van der Waals surface area contributed by atoms with E-state index in [0.717, 1.165) is 22.0 Å². The Labute approximate surface area is 168 Å². The van der Waals surface area contributed by atoms with Crippen molar-refractivity contribution in [1.82, 2.24) is 14.6 Å². The van der Waals surface area contributed by atoms with Gasteiger partial charge in [0.1, 0.15) is 9.90 Å². The Morgan fingerprint density at radius 2 is 1.96 bits per heavy atom. The molecule has 4 rings (SSSR count). The van der Waals surface area contributed by atoms with Gasteiger partial charge in [-0.2, -0.15) is 0 Å². The van der Waals surface area contributed by atoms with Crippen LogP contribution in [-0.4, -0.2) is 43.3 Å². The first-order valence-corrected chi connectivity index (χ1v) is 11.6. The van der Waals surface area contributed by atoms with E-state index < -0.39 is 10.0 Å². The third-order valence-corrected chi connectivity index (χ3v) is 8.10. The standard InChI is InChI=1S/C20H23N3O3S2/c1-13-10-14(2)16-12-18(21-17(16)11-13)20(24)23-7-5-15(6-8-23)22-28(25,26)19-4-3-9-27-19/h3-4,9-12,15,21-22H,5-8H2,1-2H3. The van der Waals surface area contributed by atoms with Gasteiger partial charge in [0.05, 0.1) is 0 Å². The molecule has 28 heavy (non-hydrogen) atoms. The van der Waals surface area contributed by atoms with Gasteiger partial charge in [0, 0.05) is 30.0 Å². The van der Waals surface area contributed by atoms with Crippen LogP contribution in [0.3, 0.4) is 0 Å². The molecule has 148 valence electrons. The number of carbonyl (C=O) groups is 1. The number of fused-ring (bicyclic) bond motifs is 1. The number of nitrogens with one attached hydrogen (secondary N) is 2. The number of hydrogen-bond donors (Lipinski definition) is 2. The summed E-state index contributed by atoms with van der Waals surface area (Å²) >= 11 is 1.21. The predicted molar refractivity (Wildman–Crippen MR) is 111 cm³/mol. The predicted octanol–water partition coefficient (Wildman–Crippen LogP) is 3.43. The number of benzene rings is 1. The van der Waals surface area contributed by atoms with Crippen LogP contribution in [0.4, 0.5) is 0 Å². The fourth-order valence-corrected chi connectivity index (χ4v) is 6.09. The summed E-state index contributed by atoms with van der Waals surface area (Å²) < 4.78 is 27.8. The van der Waals surface area contributed by atoms with E-state index >= 15 is 0 Å². The lowest BCUT2D eigenvalue weighted by molar-refractivity contribution is 0.0706. The number of aromatic amines is 1. The first-order chi connectivity index (χ1) is 13.3. The molecule has 1 aromatic carbocycles. The molecule has 6 nitrogen and oxygen atoms in total. The molecule has 0 spiro atoms. The third kappa shape index (κ3) is 3.72. The SMILES string of the molecule is Cc1cc(C)c2cc(C(=O)N3CCC(NS(=O)(=O)c4cccs4)CC3)[nH]c2c1. The van der Waals surface area contributed by atoms with Gasteiger partial charge in [0.25, 0.3) is 5.91 Å². The average molecular weight is 418 g/mol. The molecule has 3 aromatic rings. The van der Waals surface area contributed by atoms with Crippen molar-refractivity contribution in [2.24, 2.45) is 0 Å². The summed E-state index contributed by atoms with van der Waals surface area (Å²) in [5.41, 5.74) is 3.86. The number of carbonyl (C=O) groups excluding carboxylic acids is 1. The van der Waals surface area contributed by atoms with Crippen LogP contribution in [-0.2, 0) is 10.0 Å². The molecule has 0 radical (unpaired) electrons. The van der Waals surface area contributed by atoms with E-state index in [2.05, 4.69) is 15.8 Å². The van der Waals surface area contributed by atoms with Gasteiger partial charge in [-0.15, -0.1) is 11.3 Å². The average Bonchev–Trinajstić information content (AvgIpc) is 3.31. The highest BCUT2D eigenvalue weighted by atomic mass is 32.2. The van der Waals surface area contributed by atoms with Crippen LogP contribution in [0.2, 0.25) is 0 Å². The van der Waals surface area contributed by atoms with Gasteiger partial charge in [-0.1, -0.05) is 12.1 Å². The largest absolute Gasteiger partial charge is 0.351 e. The fourth-order valence-electron chi connectivity index (χ4n) is 3.78. The quantitative estimate of drug-likeness (QED) is 0.682. The van der Waals surface area contributed by atoms with Crippen molar-refractivity contribution < 1.29 is 13.2 Å². The zero-order valence-corrected chi connectivity index (χ0v) is 17.5. The number of piperidine rings is 1. The molecule has 1 fully saturated rings. The normalized spacial score (nSPS) is 16.0. The number of sulfonamides is 1. The molecule has 8 heteroatoms. The van der Waals surface area contributed by atoms with Crippen molar-refractivity contribution in [3.8, 4) is 0 Å². The highest BCUT2D eigenvalue weighted by molar-refractivity contribution is 7.91. The maximum Gasteiger partial charge on any atom is 0.270 e. The van der Waals surface area contributed by atoms with E-state index in [4.69, 9.17) is 0 Å². The molecule has 1 saturated heterocycles. The Morgan fingerprint density at radius 1 is 1.21 bits per heavy atom. The maximum absolute atomic E-state index is 12.9. The van der Waals surface area contributed by atoms with Crippen molar-refractivity contribution >= 4 is 38.2 Å². The Bertz CT molecular complexity index is 1110. The first kappa shape index (κ1) is 19.2. The van der Waals surface area contributed by atoms with E-state index in [1.807, 2.05) is 26.0 Å². The number of H-pyrrole nitrogens is 1.